The number of hydrogen-bond donors (Lipinski definition) is 0. The lowest BCUT2D eigenvalue weighted by atomic mass is 9.98. The van der Waals surface area contributed by atoms with Crippen molar-refractivity contribution in [2.45, 2.75) is 69.2 Å². The van der Waals surface area contributed by atoms with Crippen LogP contribution in [0.4, 0.5) is 13.2 Å². The van der Waals surface area contributed by atoms with Gasteiger partial charge in [-0.05, 0) is 44.4 Å². The van der Waals surface area contributed by atoms with E-state index in [9.17, 15) is 13.2 Å². The Morgan fingerprint density at radius 2 is 1.79 bits per heavy atom. The van der Waals surface area contributed by atoms with Gasteiger partial charge in [0, 0.05) is 39.3 Å². The molecule has 0 N–H and O–H groups in total. The third kappa shape index (κ3) is 6.85. The lowest BCUT2D eigenvalue weighted by molar-refractivity contribution is -0.315. The first kappa shape index (κ1) is 29.2. The van der Waals surface area contributed by atoms with Gasteiger partial charge in [0.05, 0.1) is 23.5 Å². The van der Waals surface area contributed by atoms with E-state index in [2.05, 4.69) is 16.7 Å². The Hall–Kier alpha value is -2.83. The maximum atomic E-state index is 12.9. The number of hydrogen-bond acceptors (Lipinski definition) is 7. The molecule has 6 atom stereocenters. The van der Waals surface area contributed by atoms with E-state index in [4.69, 9.17) is 23.7 Å². The van der Waals surface area contributed by atoms with Gasteiger partial charge in [-0.1, -0.05) is 30.4 Å². The lowest BCUT2D eigenvalue weighted by Crippen LogP contribution is -2.59. The summed E-state index contributed by atoms with van der Waals surface area (Å²) >= 11 is 0. The number of methoxy groups -OCH3 is 3. The van der Waals surface area contributed by atoms with E-state index in [1.807, 2.05) is 25.2 Å². The highest BCUT2D eigenvalue weighted by Gasteiger charge is 2.46. The van der Waals surface area contributed by atoms with E-state index in [1.54, 1.807) is 33.6 Å². The molecule has 11 heteroatoms. The van der Waals surface area contributed by atoms with Crippen LogP contribution in [0.15, 0.2) is 61.0 Å². The van der Waals surface area contributed by atoms with Crippen LogP contribution in [0, 0.1) is 0 Å². The fourth-order valence-corrected chi connectivity index (χ4v) is 4.90. The second-order valence-corrected chi connectivity index (χ2v) is 9.56. The van der Waals surface area contributed by atoms with Crippen LogP contribution in [0.2, 0.25) is 0 Å². The van der Waals surface area contributed by atoms with Crippen LogP contribution in [0.1, 0.15) is 37.4 Å². The maximum Gasteiger partial charge on any atom is 0.417 e. The second kappa shape index (κ2) is 12.6. The molecule has 39 heavy (non-hydrogen) atoms. The number of ether oxygens (including phenoxy) is 5. The Morgan fingerprint density at radius 3 is 2.44 bits per heavy atom. The summed E-state index contributed by atoms with van der Waals surface area (Å²) in [6.45, 7) is 6.14. The third-order valence-electron chi connectivity index (χ3n) is 6.87. The van der Waals surface area contributed by atoms with Crippen LogP contribution >= 0.6 is 0 Å². The fraction of sp³-hybridized carbons (Fsp3) is 0.500. The van der Waals surface area contributed by atoms with Gasteiger partial charge in [0.25, 0.3) is 0 Å². The molecule has 3 heterocycles. The van der Waals surface area contributed by atoms with Gasteiger partial charge in [-0.3, -0.25) is 0 Å². The first-order chi connectivity index (χ1) is 18.6. The number of allylic oxidation sites excluding steroid dienone is 4. The van der Waals surface area contributed by atoms with Gasteiger partial charge in [-0.15, -0.1) is 0 Å². The average molecular weight is 550 g/mol. The van der Waals surface area contributed by atoms with Crippen molar-refractivity contribution >= 4 is 5.57 Å². The molecular formula is C28H34F3N3O5. The van der Waals surface area contributed by atoms with Crippen molar-refractivity contribution < 1.29 is 36.9 Å². The number of nitrogens with zero attached hydrogens (tertiary/aromatic N) is 3. The summed E-state index contributed by atoms with van der Waals surface area (Å²) in [5.74, 6) is 0.286. The highest BCUT2D eigenvalue weighted by atomic mass is 19.4. The topological polar surface area (TPSA) is 76.9 Å². The van der Waals surface area contributed by atoms with Crippen molar-refractivity contribution in [1.29, 1.82) is 0 Å². The van der Waals surface area contributed by atoms with E-state index >= 15 is 0 Å². The van der Waals surface area contributed by atoms with Crippen molar-refractivity contribution in [3.8, 4) is 5.82 Å². The van der Waals surface area contributed by atoms with Crippen molar-refractivity contribution in [1.82, 2.24) is 14.8 Å². The van der Waals surface area contributed by atoms with E-state index < -0.39 is 24.1 Å². The maximum absolute atomic E-state index is 12.9. The zero-order valence-corrected chi connectivity index (χ0v) is 22.4. The molecule has 1 aliphatic heterocycles. The Bertz CT molecular complexity index is 1180. The van der Waals surface area contributed by atoms with Crippen molar-refractivity contribution in [2.75, 3.05) is 21.3 Å². The number of halogens is 3. The smallest absolute Gasteiger partial charge is 0.376 e. The van der Waals surface area contributed by atoms with Crippen molar-refractivity contribution in [3.05, 3.63) is 72.2 Å². The molecular weight excluding hydrogens is 515 g/mol. The molecule has 0 saturated carbocycles. The van der Waals surface area contributed by atoms with Crippen LogP contribution in [0.5, 0.6) is 0 Å². The highest BCUT2D eigenvalue weighted by molar-refractivity contribution is 5.73. The Labute approximate surface area is 226 Å². The summed E-state index contributed by atoms with van der Waals surface area (Å²) in [6.07, 6.45) is 3.78. The van der Waals surface area contributed by atoms with Crippen LogP contribution in [0.25, 0.3) is 11.4 Å². The summed E-state index contributed by atoms with van der Waals surface area (Å²) in [5, 5.41) is 4.53. The highest BCUT2D eigenvalue weighted by Crippen LogP contribution is 2.31. The molecule has 1 fully saturated rings. The molecule has 2 aromatic heterocycles. The SMILES string of the molecule is C=C1/C=C(c2ccn(-c3ccc(C(F)(F)F)cn3)n2)\C=C/CCC(O[C@@H]2O[C@@H](C)[C@H](OC)[C@@H](OC)[C@H]2OC)C1. The van der Waals surface area contributed by atoms with Crippen LogP contribution in [0.3, 0.4) is 0 Å². The van der Waals surface area contributed by atoms with Gasteiger partial charge in [0.15, 0.2) is 12.1 Å². The van der Waals surface area contributed by atoms with Gasteiger partial charge >= 0.3 is 6.18 Å². The summed E-state index contributed by atoms with van der Waals surface area (Å²) in [6, 6.07) is 4.06. The number of alkyl halides is 3. The molecule has 212 valence electrons. The number of pyridine rings is 1. The standard InChI is InChI=1S/C28H34F3N3O5/c1-17-14-19(22-12-13-34(33-22)23-11-10-20(16-32-23)28(29,30)31)8-6-7-9-21(15-17)39-27-26(37-5)25(36-4)24(35-3)18(2)38-27/h6,8,10-14,16,18,21,24-27H,1,7,9,15H2,2-5H3/b8-6-,19-14+/t18-,21?,24-,25+,26+,27-/m0/s1. The van der Waals surface area contributed by atoms with Crippen LogP contribution < -0.4 is 0 Å². The second-order valence-electron chi connectivity index (χ2n) is 9.56. The minimum Gasteiger partial charge on any atom is -0.376 e. The molecule has 0 spiro atoms. The summed E-state index contributed by atoms with van der Waals surface area (Å²) in [7, 11) is 4.83. The molecule has 4 rings (SSSR count). The molecule has 8 nitrogen and oxygen atoms in total. The lowest BCUT2D eigenvalue weighted by Gasteiger charge is -2.44. The zero-order valence-electron chi connectivity index (χ0n) is 22.4. The third-order valence-corrected chi connectivity index (χ3v) is 6.87. The Kier molecular flexibility index (Phi) is 9.39. The normalized spacial score (nSPS) is 30.6. The Balaban J connectivity index is 1.47. The molecule has 0 bridgehead atoms. The number of aromatic nitrogens is 3. The van der Waals surface area contributed by atoms with Gasteiger partial charge < -0.3 is 23.7 Å². The molecule has 1 aliphatic carbocycles. The van der Waals surface area contributed by atoms with Crippen molar-refractivity contribution in [3.63, 3.8) is 0 Å². The van der Waals surface area contributed by atoms with Crippen molar-refractivity contribution in [2.24, 2.45) is 0 Å². The van der Waals surface area contributed by atoms with E-state index in [0.29, 0.717) is 12.1 Å². The number of rotatable bonds is 7. The summed E-state index contributed by atoms with van der Waals surface area (Å²) in [4.78, 5) is 3.91. The molecule has 2 aromatic rings. The van der Waals surface area contributed by atoms with E-state index in [1.165, 1.54) is 10.7 Å². The van der Waals surface area contributed by atoms with E-state index in [-0.39, 0.29) is 30.2 Å². The minimum atomic E-state index is -4.45. The van der Waals surface area contributed by atoms with Gasteiger partial charge in [0.1, 0.15) is 18.3 Å². The fourth-order valence-electron chi connectivity index (χ4n) is 4.90. The quantitative estimate of drug-likeness (QED) is 0.473. The summed E-state index contributed by atoms with van der Waals surface area (Å²) < 4.78 is 69.6. The van der Waals surface area contributed by atoms with Crippen LogP contribution in [-0.2, 0) is 29.9 Å². The molecule has 2 aliphatic rings. The van der Waals surface area contributed by atoms with E-state index in [0.717, 1.165) is 36.3 Å². The molecule has 1 saturated heterocycles. The molecule has 1 unspecified atom stereocenters. The van der Waals surface area contributed by atoms with Crippen LogP contribution in [-0.4, -0.2) is 72.9 Å². The molecule has 0 amide bonds. The van der Waals surface area contributed by atoms with Gasteiger partial charge in [-0.25, -0.2) is 9.67 Å². The monoisotopic (exact) mass is 549 g/mol. The first-order valence-electron chi connectivity index (χ1n) is 12.7. The predicted molar refractivity (Wildman–Crippen MR) is 138 cm³/mol. The average Bonchev–Trinajstić information content (AvgIpc) is 3.41. The molecule has 0 aromatic carbocycles. The largest absolute Gasteiger partial charge is 0.417 e. The van der Waals surface area contributed by atoms with Gasteiger partial charge in [-0.2, -0.15) is 18.3 Å². The van der Waals surface area contributed by atoms with Gasteiger partial charge in [0.2, 0.25) is 0 Å². The minimum absolute atomic E-state index is 0.182. The summed E-state index contributed by atoms with van der Waals surface area (Å²) in [5.41, 5.74) is 1.49. The Morgan fingerprint density at radius 1 is 1.05 bits per heavy atom. The zero-order chi connectivity index (χ0) is 28.2. The predicted octanol–water partition coefficient (Wildman–Crippen LogP) is 5.14. The molecule has 0 radical (unpaired) electrons. The first-order valence-corrected chi connectivity index (χ1v) is 12.7.